The van der Waals surface area contributed by atoms with E-state index in [9.17, 15) is 53.1 Å². The Labute approximate surface area is 423 Å². The van der Waals surface area contributed by atoms with Crippen LogP contribution in [0.2, 0.25) is 0 Å². The fourth-order valence-electron chi connectivity index (χ4n) is 7.35. The molecule has 1 saturated heterocycles. The van der Waals surface area contributed by atoms with Gasteiger partial charge < -0.3 is 87.4 Å². The lowest BCUT2D eigenvalue weighted by Gasteiger charge is -2.30. The summed E-state index contributed by atoms with van der Waals surface area (Å²) in [5.41, 5.74) is 38.5. The molecule has 0 bridgehead atoms. The topological polar surface area (TPSA) is 473 Å². The molecule has 0 aliphatic carbocycles. The smallest absolute Gasteiger partial charge is 0.352 e. The number of benzene rings is 1. The Morgan fingerprint density at radius 3 is 2.01 bits per heavy atom. The number of likely N-dealkylation sites (tertiary alicyclic amines) is 1. The van der Waals surface area contributed by atoms with E-state index in [-0.39, 0.29) is 77.1 Å². The van der Waals surface area contributed by atoms with E-state index in [1.165, 1.54) is 11.0 Å². The second-order valence-corrected chi connectivity index (χ2v) is 17.0. The molecule has 1 heterocycles. The lowest BCUT2D eigenvalue weighted by Crippen LogP contribution is -2.58. The van der Waals surface area contributed by atoms with E-state index < -0.39 is 120 Å². The fourth-order valence-corrected chi connectivity index (χ4v) is 7.35. The normalized spacial score (nSPS) is 15.2. The van der Waals surface area contributed by atoms with Crippen LogP contribution in [0.3, 0.4) is 0 Å². The number of carbonyl (C=O) groups excluding carboxylic acids is 9. The van der Waals surface area contributed by atoms with Crippen molar-refractivity contribution in [3.05, 3.63) is 59.9 Å². The van der Waals surface area contributed by atoms with Crippen LogP contribution >= 0.6 is 0 Å². The standard InChI is InChI=1S/C46H74N16O11/c1-27(56-43(70)37(35(63)25-50)61-39(66)29(51)14-5-7-19-47)38(65)55-26-36(64)57-31(16-9-21-49)44(71)62-23-11-18-34(62)42(69)60-33(24-28-12-3-2-4-13-28)41(68)58-30(15-6-8-20-48)40(67)59-32(45(72)73)17-10-22-54-46(52)53/h2-4,12-13,17,29-31,33-34,37H,1,5-11,14-16,18-26,47-51H2,(H,55,65)(H,56,70)(H,57,64)(H,58,68)(H,59,67)(H,60,69)(H,61,66)(H,72,73)(H4,52,53,54)/b32-17-/t29-,30-,31+,33-,34-,37-/m0/s1. The summed E-state index contributed by atoms with van der Waals surface area (Å²) in [5, 5.41) is 26.7. The fraction of sp³-hybridized carbons (Fsp3) is 0.543. The third-order valence-electron chi connectivity index (χ3n) is 11.3. The minimum Gasteiger partial charge on any atom is -0.477 e. The molecular formula is C46H74N16O11. The van der Waals surface area contributed by atoms with Gasteiger partial charge in [0, 0.05) is 19.5 Å². The average molecular weight is 1030 g/mol. The van der Waals surface area contributed by atoms with Crippen LogP contribution in [0.4, 0.5) is 0 Å². The zero-order chi connectivity index (χ0) is 54.5. The second-order valence-electron chi connectivity index (χ2n) is 17.0. The van der Waals surface area contributed by atoms with Crippen molar-refractivity contribution in [3.63, 3.8) is 0 Å². The van der Waals surface area contributed by atoms with Crippen molar-refractivity contribution in [2.75, 3.05) is 45.8 Å². The molecule has 1 aromatic rings. The maximum Gasteiger partial charge on any atom is 0.352 e. The zero-order valence-electron chi connectivity index (χ0n) is 41.0. The second kappa shape index (κ2) is 33.3. The maximum atomic E-state index is 14.2. The number of carboxylic acids is 1. The van der Waals surface area contributed by atoms with Gasteiger partial charge in [0.2, 0.25) is 35.4 Å². The average Bonchev–Trinajstić information content (AvgIpc) is 3.86. The van der Waals surface area contributed by atoms with Gasteiger partial charge in [-0.2, -0.15) is 0 Å². The molecule has 73 heavy (non-hydrogen) atoms. The third-order valence-corrected chi connectivity index (χ3v) is 11.3. The number of carboxylic acid groups (broad SMARTS) is 1. The minimum absolute atomic E-state index is 0.0310. The number of unbranched alkanes of at least 4 members (excludes halogenated alkanes) is 2. The monoisotopic (exact) mass is 1030 g/mol. The first-order valence-corrected chi connectivity index (χ1v) is 24.0. The van der Waals surface area contributed by atoms with E-state index in [1.54, 1.807) is 30.3 Å². The van der Waals surface area contributed by atoms with E-state index in [1.807, 2.05) is 0 Å². The maximum absolute atomic E-state index is 14.2. The van der Waals surface area contributed by atoms with Gasteiger partial charge >= 0.3 is 5.97 Å². The highest BCUT2D eigenvalue weighted by molar-refractivity contribution is 6.11. The number of hydrogen-bond donors (Lipinski definition) is 15. The first-order chi connectivity index (χ1) is 34.8. The predicted octanol–water partition coefficient (Wildman–Crippen LogP) is -5.49. The third kappa shape index (κ3) is 22.3. The number of nitrogens with one attached hydrogen (secondary N) is 7. The van der Waals surface area contributed by atoms with Gasteiger partial charge in [-0.15, -0.1) is 0 Å². The number of hydrogen-bond acceptors (Lipinski definition) is 16. The van der Waals surface area contributed by atoms with Gasteiger partial charge in [-0.3, -0.25) is 48.1 Å². The molecule has 8 amide bonds. The van der Waals surface area contributed by atoms with Gasteiger partial charge in [-0.1, -0.05) is 49.4 Å². The largest absolute Gasteiger partial charge is 0.477 e. The number of carbonyl (C=O) groups is 10. The summed E-state index contributed by atoms with van der Waals surface area (Å²) in [5.74, 6) is -9.40. The summed E-state index contributed by atoms with van der Waals surface area (Å²) < 4.78 is 0. The van der Waals surface area contributed by atoms with Gasteiger partial charge in [-0.25, -0.2) is 4.79 Å². The highest BCUT2D eigenvalue weighted by atomic mass is 16.4. The molecule has 0 saturated carbocycles. The lowest BCUT2D eigenvalue weighted by molar-refractivity contribution is -0.142. The van der Waals surface area contributed by atoms with Crippen LogP contribution < -0.4 is 77.4 Å². The van der Waals surface area contributed by atoms with Crippen LogP contribution in [0.1, 0.15) is 76.2 Å². The van der Waals surface area contributed by atoms with Crippen LogP contribution in [0.15, 0.2) is 59.4 Å². The van der Waals surface area contributed by atoms with Gasteiger partial charge in [0.15, 0.2) is 17.8 Å². The number of Topliss-reactive ketones (excluding diaryl/α,β-unsaturated/α-hetero) is 1. The number of nitrogens with two attached hydrogens (primary N) is 7. The van der Waals surface area contributed by atoms with Crippen molar-refractivity contribution in [1.29, 1.82) is 0 Å². The summed E-state index contributed by atoms with van der Waals surface area (Å²) in [6.07, 6.45) is 4.31. The number of ketones is 1. The van der Waals surface area contributed by atoms with Crippen LogP contribution in [0, 0.1) is 0 Å². The van der Waals surface area contributed by atoms with E-state index in [0.717, 1.165) is 0 Å². The first-order valence-electron chi connectivity index (χ1n) is 24.0. The number of amides is 8. The molecule has 0 aromatic heterocycles. The summed E-state index contributed by atoms with van der Waals surface area (Å²) >= 11 is 0. The number of nitrogens with zero attached hydrogens (tertiary/aromatic N) is 2. The van der Waals surface area contributed by atoms with Crippen molar-refractivity contribution in [2.24, 2.45) is 45.1 Å². The van der Waals surface area contributed by atoms with Gasteiger partial charge in [-0.05, 0) is 89.4 Å². The molecule has 404 valence electrons. The zero-order valence-corrected chi connectivity index (χ0v) is 41.0. The number of guanidine groups is 1. The molecule has 1 aromatic carbocycles. The lowest BCUT2D eigenvalue weighted by atomic mass is 10.0. The summed E-state index contributed by atoms with van der Waals surface area (Å²) in [6, 6.07) is 0.863. The Hall–Kier alpha value is -7.33. The molecule has 2 rings (SSSR count). The minimum atomic E-state index is -1.82. The van der Waals surface area contributed by atoms with Gasteiger partial charge in [0.1, 0.15) is 29.9 Å². The van der Waals surface area contributed by atoms with Crippen LogP contribution in [0.25, 0.3) is 0 Å². The molecule has 1 aliphatic rings. The molecule has 1 aliphatic heterocycles. The van der Waals surface area contributed by atoms with E-state index in [2.05, 4.69) is 48.8 Å². The van der Waals surface area contributed by atoms with Crippen LogP contribution in [-0.2, 0) is 54.4 Å². The van der Waals surface area contributed by atoms with E-state index >= 15 is 0 Å². The molecule has 6 atom stereocenters. The summed E-state index contributed by atoms with van der Waals surface area (Å²) in [4.78, 5) is 137. The van der Waals surface area contributed by atoms with Gasteiger partial charge in [0.05, 0.1) is 24.8 Å². The van der Waals surface area contributed by atoms with Crippen molar-refractivity contribution in [1.82, 2.24) is 42.1 Å². The van der Waals surface area contributed by atoms with Crippen LogP contribution in [-0.4, -0.2) is 157 Å². The number of aliphatic imine (C=N–C) groups is 1. The molecule has 0 unspecified atom stereocenters. The summed E-state index contributed by atoms with van der Waals surface area (Å²) in [6.45, 7) is 3.04. The van der Waals surface area contributed by atoms with E-state index in [4.69, 9.17) is 40.1 Å². The van der Waals surface area contributed by atoms with Crippen molar-refractivity contribution >= 4 is 65.0 Å². The Morgan fingerprint density at radius 2 is 1.40 bits per heavy atom. The molecule has 22 N–H and O–H groups in total. The SMILES string of the molecule is C=C(NC(=O)[C@@H](NC(=O)[C@@H](N)CCCCN)C(=O)CN)C(=O)NCC(=O)N[C@H](CCCN)C(=O)N1CCC[C@H]1C(=O)N[C@@H](Cc1ccccc1)C(=O)N[C@@H](CCCCN)C(=O)N/C(=C\CCN=C(N)N)C(=O)O. The number of aliphatic carboxylic acids is 1. The van der Waals surface area contributed by atoms with Crippen molar-refractivity contribution in [2.45, 2.75) is 113 Å². The molecule has 0 radical (unpaired) electrons. The Morgan fingerprint density at radius 1 is 0.753 bits per heavy atom. The Kier molecular flexibility index (Phi) is 28.2. The quantitative estimate of drug-likeness (QED) is 0.0101. The van der Waals surface area contributed by atoms with Gasteiger partial charge in [0.25, 0.3) is 11.8 Å². The molecular weight excluding hydrogens is 953 g/mol. The first kappa shape index (κ1) is 61.8. The molecule has 1 fully saturated rings. The van der Waals surface area contributed by atoms with E-state index in [0.29, 0.717) is 44.2 Å². The predicted molar refractivity (Wildman–Crippen MR) is 268 cm³/mol. The number of rotatable bonds is 34. The highest BCUT2D eigenvalue weighted by Gasteiger charge is 2.39. The molecule has 0 spiro atoms. The van der Waals surface area contributed by atoms with Crippen molar-refractivity contribution < 1.29 is 53.1 Å². The summed E-state index contributed by atoms with van der Waals surface area (Å²) in [7, 11) is 0. The van der Waals surface area contributed by atoms with Crippen LogP contribution in [0.5, 0.6) is 0 Å². The molecule has 27 nitrogen and oxygen atoms in total. The Bertz CT molecular complexity index is 2140. The molecule has 27 heteroatoms. The van der Waals surface area contributed by atoms with Crippen molar-refractivity contribution in [3.8, 4) is 0 Å². The highest BCUT2D eigenvalue weighted by Crippen LogP contribution is 2.20. The Balaban J connectivity index is 2.23.